The minimum Gasteiger partial charge on any atom is -0.370 e. The monoisotopic (exact) mass is 298 g/mol. The van der Waals surface area contributed by atoms with Crippen LogP contribution in [0.2, 0.25) is 0 Å². The Hall–Kier alpha value is -1.86. The van der Waals surface area contributed by atoms with Gasteiger partial charge in [0.05, 0.1) is 24.8 Å². The molecule has 1 unspecified atom stereocenters. The van der Waals surface area contributed by atoms with Gasteiger partial charge in [0.25, 0.3) is 0 Å². The summed E-state index contributed by atoms with van der Waals surface area (Å²) in [6.45, 7) is 6.25. The van der Waals surface area contributed by atoms with E-state index in [0.717, 1.165) is 18.4 Å². The number of ether oxygens (including phenoxy) is 1. The predicted molar refractivity (Wildman–Crippen MR) is 82.9 cm³/mol. The van der Waals surface area contributed by atoms with Gasteiger partial charge in [0.2, 0.25) is 5.91 Å². The molecule has 116 valence electrons. The fraction of sp³-hybridized carbons (Fsp3) is 0.556. The fourth-order valence-electron chi connectivity index (χ4n) is 3.57. The topological polar surface area (TPSA) is 53.3 Å². The Labute approximate surface area is 131 Å². The third-order valence-corrected chi connectivity index (χ3v) is 4.71. The highest BCUT2D eigenvalue weighted by molar-refractivity contribution is 5.80. The van der Waals surface area contributed by atoms with Gasteiger partial charge in [0.1, 0.15) is 6.10 Å². The summed E-state index contributed by atoms with van der Waals surface area (Å²) in [5, 5.41) is 9.01. The van der Waals surface area contributed by atoms with E-state index in [1.54, 1.807) is 6.07 Å². The molecule has 2 aliphatic rings. The lowest BCUT2D eigenvalue weighted by Gasteiger charge is -2.45. The summed E-state index contributed by atoms with van der Waals surface area (Å²) in [4.78, 5) is 14.5. The Bertz CT molecular complexity index is 610. The zero-order valence-corrected chi connectivity index (χ0v) is 13.2. The van der Waals surface area contributed by atoms with E-state index in [0.29, 0.717) is 30.7 Å². The number of nitriles is 1. The highest BCUT2D eigenvalue weighted by Gasteiger charge is 2.42. The van der Waals surface area contributed by atoms with Gasteiger partial charge < -0.3 is 9.64 Å². The molecule has 1 aliphatic carbocycles. The van der Waals surface area contributed by atoms with E-state index in [1.165, 1.54) is 0 Å². The first-order valence-electron chi connectivity index (χ1n) is 7.89. The molecular weight excluding hydrogens is 276 g/mol. The molecule has 1 aliphatic heterocycles. The van der Waals surface area contributed by atoms with Crippen LogP contribution in [0.4, 0.5) is 0 Å². The van der Waals surface area contributed by atoms with Crippen LogP contribution in [-0.4, -0.2) is 30.5 Å². The minimum absolute atomic E-state index is 0.126. The van der Waals surface area contributed by atoms with Crippen molar-refractivity contribution in [1.82, 2.24) is 4.90 Å². The van der Waals surface area contributed by atoms with Crippen LogP contribution in [0.15, 0.2) is 24.3 Å². The molecule has 1 saturated carbocycles. The maximum Gasteiger partial charge on any atom is 0.225 e. The molecule has 0 radical (unpaired) electrons. The maximum absolute atomic E-state index is 12.6. The van der Waals surface area contributed by atoms with Crippen molar-refractivity contribution in [2.45, 2.75) is 32.8 Å². The van der Waals surface area contributed by atoms with Crippen LogP contribution < -0.4 is 0 Å². The van der Waals surface area contributed by atoms with Crippen LogP contribution in [0, 0.1) is 22.7 Å². The summed E-state index contributed by atoms with van der Waals surface area (Å²) < 4.78 is 5.81. The Morgan fingerprint density at radius 1 is 1.41 bits per heavy atom. The third kappa shape index (κ3) is 3.00. The number of hydrogen-bond acceptors (Lipinski definition) is 3. The number of carbonyl (C=O) groups excluding carboxylic acids is 1. The Morgan fingerprint density at radius 2 is 2.18 bits per heavy atom. The van der Waals surface area contributed by atoms with Crippen molar-refractivity contribution in [3.05, 3.63) is 35.4 Å². The van der Waals surface area contributed by atoms with Crippen LogP contribution in [0.3, 0.4) is 0 Å². The van der Waals surface area contributed by atoms with Crippen molar-refractivity contribution in [3.8, 4) is 6.07 Å². The first-order valence-corrected chi connectivity index (χ1v) is 7.89. The molecular formula is C18H22N2O2. The summed E-state index contributed by atoms with van der Waals surface area (Å²) >= 11 is 0. The normalized spacial score (nSPS) is 24.4. The maximum atomic E-state index is 12.6. The summed E-state index contributed by atoms with van der Waals surface area (Å²) in [6.07, 6.45) is 1.84. The summed E-state index contributed by atoms with van der Waals surface area (Å²) in [5.41, 5.74) is 1.92. The number of carbonyl (C=O) groups is 1. The Morgan fingerprint density at radius 3 is 2.86 bits per heavy atom. The molecule has 22 heavy (non-hydrogen) atoms. The second kappa shape index (κ2) is 5.73. The van der Waals surface area contributed by atoms with Crippen LogP contribution in [0.5, 0.6) is 0 Å². The second-order valence-electron chi connectivity index (χ2n) is 7.15. The Kier molecular flexibility index (Phi) is 3.92. The van der Waals surface area contributed by atoms with Gasteiger partial charge in [-0.05, 0) is 36.0 Å². The molecule has 1 atom stereocenters. The molecule has 1 saturated heterocycles. The average molecular weight is 298 g/mol. The zero-order chi connectivity index (χ0) is 15.7. The van der Waals surface area contributed by atoms with Gasteiger partial charge in [-0.3, -0.25) is 4.79 Å². The summed E-state index contributed by atoms with van der Waals surface area (Å²) in [6, 6.07) is 9.62. The quantitative estimate of drug-likeness (QED) is 0.843. The molecule has 3 rings (SSSR count). The molecule has 1 aromatic carbocycles. The molecule has 2 fully saturated rings. The molecule has 0 aromatic heterocycles. The lowest BCUT2D eigenvalue weighted by molar-refractivity contribution is -0.150. The average Bonchev–Trinajstić information content (AvgIpc) is 2.52. The number of benzene rings is 1. The predicted octanol–water partition coefficient (Wildman–Crippen LogP) is 2.89. The number of morpholine rings is 1. The molecule has 0 N–H and O–H groups in total. The van der Waals surface area contributed by atoms with Gasteiger partial charge in [0.15, 0.2) is 0 Å². The van der Waals surface area contributed by atoms with E-state index in [1.807, 2.05) is 23.1 Å². The largest absolute Gasteiger partial charge is 0.370 e. The van der Waals surface area contributed by atoms with Gasteiger partial charge in [-0.2, -0.15) is 5.26 Å². The molecule has 4 heteroatoms. The van der Waals surface area contributed by atoms with Crippen LogP contribution in [0.25, 0.3) is 0 Å². The highest BCUT2D eigenvalue weighted by Crippen LogP contribution is 2.45. The standard InChI is InChI=1S/C18H22N2O2/c1-18(2)9-15(10-18)17(21)20-6-7-22-16(12-20)14-5-3-4-13(8-14)11-19/h3-5,8,15-16H,6-7,9-10,12H2,1-2H3. The lowest BCUT2D eigenvalue weighted by Crippen LogP contribution is -2.49. The van der Waals surface area contributed by atoms with Gasteiger partial charge >= 0.3 is 0 Å². The van der Waals surface area contributed by atoms with Crippen molar-refractivity contribution in [2.75, 3.05) is 19.7 Å². The van der Waals surface area contributed by atoms with E-state index in [4.69, 9.17) is 10.00 Å². The number of rotatable bonds is 2. The van der Waals surface area contributed by atoms with E-state index in [-0.39, 0.29) is 17.9 Å². The highest BCUT2D eigenvalue weighted by atomic mass is 16.5. The van der Waals surface area contributed by atoms with Gasteiger partial charge in [-0.25, -0.2) is 0 Å². The molecule has 1 heterocycles. The van der Waals surface area contributed by atoms with E-state index < -0.39 is 0 Å². The molecule has 0 bridgehead atoms. The third-order valence-electron chi connectivity index (χ3n) is 4.71. The van der Waals surface area contributed by atoms with E-state index >= 15 is 0 Å². The molecule has 1 aromatic rings. The van der Waals surface area contributed by atoms with Crippen molar-refractivity contribution in [2.24, 2.45) is 11.3 Å². The summed E-state index contributed by atoms with van der Waals surface area (Å²) in [5.74, 6) is 0.447. The number of hydrogen-bond donors (Lipinski definition) is 0. The number of nitrogens with zero attached hydrogens (tertiary/aromatic N) is 2. The van der Waals surface area contributed by atoms with Crippen LogP contribution >= 0.6 is 0 Å². The van der Waals surface area contributed by atoms with Crippen LogP contribution in [0.1, 0.15) is 43.9 Å². The van der Waals surface area contributed by atoms with Gasteiger partial charge in [0, 0.05) is 12.5 Å². The molecule has 0 spiro atoms. The van der Waals surface area contributed by atoms with Gasteiger partial charge in [-0.1, -0.05) is 26.0 Å². The van der Waals surface area contributed by atoms with Crippen molar-refractivity contribution in [1.29, 1.82) is 5.26 Å². The van der Waals surface area contributed by atoms with E-state index in [9.17, 15) is 4.79 Å². The van der Waals surface area contributed by atoms with Crippen molar-refractivity contribution < 1.29 is 9.53 Å². The Balaban J connectivity index is 1.67. The smallest absolute Gasteiger partial charge is 0.225 e. The first kappa shape index (κ1) is 15.1. The zero-order valence-electron chi connectivity index (χ0n) is 13.2. The van der Waals surface area contributed by atoms with Crippen LogP contribution in [-0.2, 0) is 9.53 Å². The van der Waals surface area contributed by atoms with Crippen molar-refractivity contribution in [3.63, 3.8) is 0 Å². The SMILES string of the molecule is CC1(C)CC(C(=O)N2CCOC(c3cccc(C#N)c3)C2)C1. The molecule has 4 nitrogen and oxygen atoms in total. The first-order chi connectivity index (χ1) is 10.5. The van der Waals surface area contributed by atoms with Crippen molar-refractivity contribution >= 4 is 5.91 Å². The lowest BCUT2D eigenvalue weighted by atomic mass is 9.64. The van der Waals surface area contributed by atoms with E-state index in [2.05, 4.69) is 19.9 Å². The number of amides is 1. The molecule has 1 amide bonds. The fourth-order valence-corrected chi connectivity index (χ4v) is 3.57. The second-order valence-corrected chi connectivity index (χ2v) is 7.15. The van der Waals surface area contributed by atoms with Gasteiger partial charge in [-0.15, -0.1) is 0 Å². The minimum atomic E-state index is -0.126. The summed E-state index contributed by atoms with van der Waals surface area (Å²) in [7, 11) is 0.